The number of halogens is 1. The second kappa shape index (κ2) is 9.66. The van der Waals surface area contributed by atoms with Crippen molar-refractivity contribution in [3.05, 3.63) is 97.3 Å². The van der Waals surface area contributed by atoms with Crippen molar-refractivity contribution in [3.63, 3.8) is 0 Å². The fourth-order valence-electron chi connectivity index (χ4n) is 4.87. The van der Waals surface area contributed by atoms with E-state index in [1.165, 1.54) is 12.1 Å². The van der Waals surface area contributed by atoms with Crippen molar-refractivity contribution in [1.82, 2.24) is 5.32 Å². The smallest absolute Gasteiger partial charge is 0.336 e. The van der Waals surface area contributed by atoms with Crippen LogP contribution in [0.15, 0.2) is 71.1 Å². The number of nitrogens with one attached hydrogen (secondary N) is 1. The number of benzene rings is 2. The zero-order valence-corrected chi connectivity index (χ0v) is 20.6. The first kappa shape index (κ1) is 24.7. The minimum atomic E-state index is -0.782. The molecule has 1 atom stereocenters. The van der Waals surface area contributed by atoms with Crippen LogP contribution in [0.3, 0.4) is 0 Å². The van der Waals surface area contributed by atoms with Crippen molar-refractivity contribution < 1.29 is 19.2 Å². The van der Waals surface area contributed by atoms with Crippen LogP contribution in [-0.2, 0) is 20.7 Å². The van der Waals surface area contributed by atoms with Gasteiger partial charge in [-0.1, -0.05) is 61.8 Å². The monoisotopic (exact) mass is 494 g/mol. The molecular weight excluding hydrogens is 468 g/mol. The maximum Gasteiger partial charge on any atom is 0.336 e. The van der Waals surface area contributed by atoms with Crippen molar-refractivity contribution in [2.75, 3.05) is 6.61 Å². The molecule has 0 saturated carbocycles. The van der Waals surface area contributed by atoms with E-state index >= 15 is 0 Å². The van der Waals surface area contributed by atoms with E-state index < -0.39 is 16.8 Å². The van der Waals surface area contributed by atoms with Gasteiger partial charge in [0.15, 0.2) is 5.78 Å². The number of rotatable bonds is 6. The van der Waals surface area contributed by atoms with E-state index in [1.54, 1.807) is 13.0 Å². The Labute approximate surface area is 209 Å². The summed E-state index contributed by atoms with van der Waals surface area (Å²) in [4.78, 5) is 37.7. The molecule has 0 fully saturated rings. The molecule has 0 spiro atoms. The Bertz CT molecular complexity index is 1260. The van der Waals surface area contributed by atoms with Crippen molar-refractivity contribution in [2.24, 2.45) is 5.41 Å². The lowest BCUT2D eigenvalue weighted by Crippen LogP contribution is -2.38. The predicted molar refractivity (Wildman–Crippen MR) is 133 cm³/mol. The van der Waals surface area contributed by atoms with Crippen LogP contribution in [0.25, 0.3) is 0 Å². The molecule has 2 aliphatic rings. The summed E-state index contributed by atoms with van der Waals surface area (Å²) in [5, 5.41) is 14.8. The summed E-state index contributed by atoms with van der Waals surface area (Å²) in [7, 11) is 0. The Balaban J connectivity index is 1.73. The third-order valence-corrected chi connectivity index (χ3v) is 6.75. The van der Waals surface area contributed by atoms with Gasteiger partial charge in [-0.05, 0) is 36.0 Å². The van der Waals surface area contributed by atoms with E-state index in [9.17, 15) is 19.7 Å². The summed E-state index contributed by atoms with van der Waals surface area (Å²) in [5.74, 6) is -1.43. The van der Waals surface area contributed by atoms with Gasteiger partial charge in [-0.25, -0.2) is 4.79 Å². The Morgan fingerprint density at radius 3 is 2.60 bits per heavy atom. The molecular formula is C27H27ClN2O5. The lowest BCUT2D eigenvalue weighted by Gasteiger charge is -2.39. The van der Waals surface area contributed by atoms with Gasteiger partial charge in [0.25, 0.3) is 5.69 Å². The molecule has 0 aromatic heterocycles. The number of nitro groups is 1. The molecule has 1 aliphatic carbocycles. The van der Waals surface area contributed by atoms with Crippen molar-refractivity contribution >= 4 is 29.0 Å². The van der Waals surface area contributed by atoms with Gasteiger partial charge in [0.2, 0.25) is 0 Å². The highest BCUT2D eigenvalue weighted by atomic mass is 35.5. The molecule has 4 rings (SSSR count). The van der Waals surface area contributed by atoms with Crippen LogP contribution in [0.5, 0.6) is 0 Å². The number of ketones is 1. The minimum absolute atomic E-state index is 0.00863. The van der Waals surface area contributed by atoms with Crippen molar-refractivity contribution in [1.29, 1.82) is 0 Å². The molecule has 2 aromatic carbocycles. The standard InChI is InChI=1S/C27H27ClN2O5/c1-16-23(26(32)35-12-11-17-7-5-4-6-8-17)24(18-9-10-19(28)21(13-18)30(33)34)25-20(29-16)14-27(2,3)15-22(25)31/h4-10,13,24,29H,11-12,14-15H2,1-3H3/t24-/m0/s1. The predicted octanol–water partition coefficient (Wildman–Crippen LogP) is 5.64. The molecule has 1 N–H and O–H groups in total. The second-order valence-corrected chi connectivity index (χ2v) is 10.2. The molecule has 0 amide bonds. The number of dihydropyridines is 1. The van der Waals surface area contributed by atoms with E-state index in [2.05, 4.69) is 5.32 Å². The first-order valence-corrected chi connectivity index (χ1v) is 11.8. The molecule has 7 nitrogen and oxygen atoms in total. The molecule has 1 heterocycles. The third kappa shape index (κ3) is 5.15. The average Bonchev–Trinajstić information content (AvgIpc) is 2.78. The van der Waals surface area contributed by atoms with Gasteiger partial charge in [0, 0.05) is 41.8 Å². The van der Waals surface area contributed by atoms with Gasteiger partial charge >= 0.3 is 5.97 Å². The Morgan fingerprint density at radius 2 is 1.91 bits per heavy atom. The lowest BCUT2D eigenvalue weighted by molar-refractivity contribution is -0.384. The highest BCUT2D eigenvalue weighted by Crippen LogP contribution is 2.47. The zero-order valence-electron chi connectivity index (χ0n) is 19.9. The largest absolute Gasteiger partial charge is 0.462 e. The zero-order chi connectivity index (χ0) is 25.3. The number of hydrogen-bond acceptors (Lipinski definition) is 6. The number of hydrogen-bond donors (Lipinski definition) is 1. The number of carbonyl (C=O) groups excluding carboxylic acids is 2. The van der Waals surface area contributed by atoms with E-state index in [4.69, 9.17) is 16.3 Å². The quantitative estimate of drug-likeness (QED) is 0.317. The summed E-state index contributed by atoms with van der Waals surface area (Å²) in [6.45, 7) is 5.97. The molecule has 2 aromatic rings. The average molecular weight is 495 g/mol. The SMILES string of the molecule is CC1=C(C(=O)OCCc2ccccc2)[C@H](c2ccc(Cl)c([N+](=O)[O-])c2)C2=C(CC(C)(C)CC2=O)N1. The van der Waals surface area contributed by atoms with Crippen LogP contribution in [0, 0.1) is 15.5 Å². The maximum atomic E-state index is 13.4. The van der Waals surface area contributed by atoms with Gasteiger partial charge in [-0.15, -0.1) is 0 Å². The van der Waals surface area contributed by atoms with Crippen LogP contribution in [0.4, 0.5) is 5.69 Å². The molecule has 0 bridgehead atoms. The molecule has 8 heteroatoms. The maximum absolute atomic E-state index is 13.4. The lowest BCUT2D eigenvalue weighted by atomic mass is 9.68. The van der Waals surface area contributed by atoms with E-state index in [0.29, 0.717) is 36.1 Å². The summed E-state index contributed by atoms with van der Waals surface area (Å²) in [5.41, 5.74) is 3.03. The van der Waals surface area contributed by atoms with Gasteiger partial charge < -0.3 is 10.1 Å². The molecule has 0 saturated heterocycles. The van der Waals surface area contributed by atoms with Gasteiger partial charge in [-0.3, -0.25) is 14.9 Å². The number of carbonyl (C=O) groups is 2. The molecule has 0 radical (unpaired) electrons. The minimum Gasteiger partial charge on any atom is -0.462 e. The normalized spacial score (nSPS) is 19.2. The molecule has 35 heavy (non-hydrogen) atoms. The van der Waals surface area contributed by atoms with Crippen molar-refractivity contribution in [3.8, 4) is 0 Å². The fourth-order valence-corrected chi connectivity index (χ4v) is 5.06. The van der Waals surface area contributed by atoms with Gasteiger partial charge in [0.05, 0.1) is 17.1 Å². The highest BCUT2D eigenvalue weighted by Gasteiger charge is 2.43. The first-order chi connectivity index (χ1) is 16.6. The summed E-state index contributed by atoms with van der Waals surface area (Å²) < 4.78 is 5.63. The third-order valence-electron chi connectivity index (χ3n) is 6.43. The number of allylic oxidation sites excluding steroid dienone is 3. The number of nitrogens with zero attached hydrogens (tertiary/aromatic N) is 1. The number of Topliss-reactive ketones (excluding diaryl/α,β-unsaturated/α-hetero) is 1. The van der Waals surface area contributed by atoms with Crippen molar-refractivity contribution in [2.45, 2.75) is 46.0 Å². The Hall–Kier alpha value is -3.45. The van der Waals surface area contributed by atoms with E-state index in [-0.39, 0.29) is 34.1 Å². The van der Waals surface area contributed by atoms with Gasteiger partial charge in [-0.2, -0.15) is 0 Å². The highest BCUT2D eigenvalue weighted by molar-refractivity contribution is 6.32. The summed E-state index contributed by atoms with van der Waals surface area (Å²) in [6, 6.07) is 14.1. The Morgan fingerprint density at radius 1 is 1.20 bits per heavy atom. The van der Waals surface area contributed by atoms with Gasteiger partial charge in [0.1, 0.15) is 5.02 Å². The number of ether oxygens (including phenoxy) is 1. The van der Waals surface area contributed by atoms with Crippen LogP contribution in [0.2, 0.25) is 5.02 Å². The molecule has 182 valence electrons. The summed E-state index contributed by atoms with van der Waals surface area (Å²) >= 11 is 6.05. The Kier molecular flexibility index (Phi) is 6.81. The molecule has 1 aliphatic heterocycles. The first-order valence-electron chi connectivity index (χ1n) is 11.5. The van der Waals surface area contributed by atoms with E-state index in [1.807, 2.05) is 44.2 Å². The fraction of sp³-hybridized carbons (Fsp3) is 0.333. The number of esters is 1. The van der Waals surface area contributed by atoms with E-state index in [0.717, 1.165) is 11.3 Å². The topological polar surface area (TPSA) is 98.5 Å². The summed E-state index contributed by atoms with van der Waals surface area (Å²) in [6.07, 6.45) is 1.48. The van der Waals surface area contributed by atoms with Crippen LogP contribution >= 0.6 is 11.6 Å². The molecule has 0 unspecified atom stereocenters. The second-order valence-electron chi connectivity index (χ2n) is 9.77. The number of nitro benzene ring substituents is 1. The van der Waals surface area contributed by atoms with Crippen LogP contribution in [-0.4, -0.2) is 23.3 Å². The van der Waals surface area contributed by atoms with Crippen LogP contribution in [0.1, 0.15) is 50.7 Å². The van der Waals surface area contributed by atoms with Crippen LogP contribution < -0.4 is 5.32 Å².